The molecule has 0 heterocycles. The van der Waals surface area contributed by atoms with Crippen molar-refractivity contribution >= 4 is 16.6 Å². The summed E-state index contributed by atoms with van der Waals surface area (Å²) in [5.41, 5.74) is 1.36. The highest BCUT2D eigenvalue weighted by Gasteiger charge is 2.58. The minimum Gasteiger partial charge on any atom is -0.299 e. The van der Waals surface area contributed by atoms with Gasteiger partial charge in [-0.15, -0.1) is 0 Å². The van der Waals surface area contributed by atoms with Crippen molar-refractivity contribution in [2.45, 2.75) is 25.7 Å². The van der Waals surface area contributed by atoms with Crippen molar-refractivity contribution in [1.82, 2.24) is 0 Å². The van der Waals surface area contributed by atoms with Gasteiger partial charge in [0.25, 0.3) is 0 Å². The molecule has 2 atom stereocenters. The Balaban J connectivity index is 1.78. The standard InChI is InChI=1S/C17H16O/c18-16-14-8-9-17(16,11-14)10-13-6-3-5-12-4-1-2-7-15(12)13/h1-7,14H,8-11H2/t14-,17-/m0/s1. The molecule has 5 rings (SSSR count). The Kier molecular flexibility index (Phi) is 1.97. The Labute approximate surface area is 107 Å². The topological polar surface area (TPSA) is 17.1 Å². The SMILES string of the molecule is O=C1[C@H]2CC[C@]1(Cc1cccc3ccccc13)C2. The predicted molar refractivity (Wildman–Crippen MR) is 72.4 cm³/mol. The summed E-state index contributed by atoms with van der Waals surface area (Å²) in [6.45, 7) is 0. The van der Waals surface area contributed by atoms with Crippen molar-refractivity contribution in [1.29, 1.82) is 0 Å². The maximum absolute atomic E-state index is 12.1. The Bertz CT molecular complexity index is 634. The molecule has 3 aliphatic rings. The van der Waals surface area contributed by atoms with Crippen molar-refractivity contribution in [2.75, 3.05) is 0 Å². The van der Waals surface area contributed by atoms with Crippen LogP contribution < -0.4 is 0 Å². The molecule has 0 spiro atoms. The molecule has 0 amide bonds. The first-order valence-electron chi connectivity index (χ1n) is 6.79. The van der Waals surface area contributed by atoms with Gasteiger partial charge in [0.1, 0.15) is 5.78 Å². The van der Waals surface area contributed by atoms with Crippen LogP contribution in [-0.2, 0) is 11.2 Å². The summed E-state index contributed by atoms with van der Waals surface area (Å²) in [6, 6.07) is 14.9. The fourth-order valence-corrected chi connectivity index (χ4v) is 3.93. The van der Waals surface area contributed by atoms with Crippen LogP contribution in [0.3, 0.4) is 0 Å². The third-order valence-electron chi connectivity index (χ3n) is 4.91. The van der Waals surface area contributed by atoms with Crippen molar-refractivity contribution in [3.63, 3.8) is 0 Å². The fourth-order valence-electron chi connectivity index (χ4n) is 3.93. The van der Waals surface area contributed by atoms with Gasteiger partial charge in [0.15, 0.2) is 0 Å². The van der Waals surface area contributed by atoms with E-state index >= 15 is 0 Å². The molecular formula is C17H16O. The zero-order chi connectivity index (χ0) is 12.2. The molecule has 2 bridgehead atoms. The van der Waals surface area contributed by atoms with E-state index in [1.165, 1.54) is 16.3 Å². The molecule has 3 saturated carbocycles. The average molecular weight is 236 g/mol. The molecule has 0 radical (unpaired) electrons. The van der Waals surface area contributed by atoms with E-state index in [0.29, 0.717) is 11.7 Å². The van der Waals surface area contributed by atoms with Crippen LogP contribution in [-0.4, -0.2) is 5.78 Å². The third kappa shape index (κ3) is 1.25. The van der Waals surface area contributed by atoms with Crippen LogP contribution in [0.5, 0.6) is 0 Å². The van der Waals surface area contributed by atoms with Gasteiger partial charge in [-0.2, -0.15) is 0 Å². The zero-order valence-electron chi connectivity index (χ0n) is 10.4. The quantitative estimate of drug-likeness (QED) is 0.776. The maximum atomic E-state index is 12.1. The molecule has 3 aliphatic carbocycles. The number of hydrogen-bond donors (Lipinski definition) is 0. The number of carbonyl (C=O) groups is 1. The van der Waals surface area contributed by atoms with Gasteiger partial charge >= 0.3 is 0 Å². The maximum Gasteiger partial charge on any atom is 0.142 e. The molecule has 1 nitrogen and oxygen atoms in total. The number of carbonyl (C=O) groups excluding carboxylic acids is 1. The Morgan fingerprint density at radius 1 is 1.11 bits per heavy atom. The molecule has 0 N–H and O–H groups in total. The zero-order valence-corrected chi connectivity index (χ0v) is 10.4. The molecule has 0 unspecified atom stereocenters. The van der Waals surface area contributed by atoms with E-state index in [-0.39, 0.29) is 5.41 Å². The van der Waals surface area contributed by atoms with Crippen LogP contribution in [0.4, 0.5) is 0 Å². The molecule has 2 aromatic carbocycles. The molecule has 1 heteroatoms. The van der Waals surface area contributed by atoms with Crippen molar-refractivity contribution < 1.29 is 4.79 Å². The molecular weight excluding hydrogens is 220 g/mol. The molecule has 0 aliphatic heterocycles. The van der Waals surface area contributed by atoms with Gasteiger partial charge in [0.2, 0.25) is 0 Å². The van der Waals surface area contributed by atoms with Crippen molar-refractivity contribution in [3.05, 3.63) is 48.0 Å². The Morgan fingerprint density at radius 2 is 1.94 bits per heavy atom. The Hall–Kier alpha value is -1.63. The van der Waals surface area contributed by atoms with Crippen molar-refractivity contribution in [2.24, 2.45) is 11.3 Å². The highest BCUT2D eigenvalue weighted by atomic mass is 16.1. The molecule has 3 fully saturated rings. The van der Waals surface area contributed by atoms with Gasteiger partial charge in [-0.25, -0.2) is 0 Å². The van der Waals surface area contributed by atoms with Gasteiger partial charge in [0, 0.05) is 11.3 Å². The second-order valence-corrected chi connectivity index (χ2v) is 5.90. The number of Topliss-reactive ketones (excluding diaryl/α,β-unsaturated/α-hetero) is 1. The van der Waals surface area contributed by atoms with Gasteiger partial charge < -0.3 is 0 Å². The first-order valence-corrected chi connectivity index (χ1v) is 6.79. The van der Waals surface area contributed by atoms with Gasteiger partial charge in [-0.1, -0.05) is 42.5 Å². The van der Waals surface area contributed by atoms with E-state index in [1.54, 1.807) is 0 Å². The van der Waals surface area contributed by atoms with Gasteiger partial charge in [0.05, 0.1) is 0 Å². The number of ketones is 1. The highest BCUT2D eigenvalue weighted by Crippen LogP contribution is 2.57. The number of hydrogen-bond acceptors (Lipinski definition) is 1. The summed E-state index contributed by atoms with van der Waals surface area (Å²) in [5.74, 6) is 0.940. The van der Waals surface area contributed by atoms with Gasteiger partial charge in [-0.05, 0) is 42.0 Å². The average Bonchev–Trinajstić information content (AvgIpc) is 2.97. The van der Waals surface area contributed by atoms with Crippen LogP contribution in [0.1, 0.15) is 24.8 Å². The van der Waals surface area contributed by atoms with Crippen molar-refractivity contribution in [3.8, 4) is 0 Å². The first-order chi connectivity index (χ1) is 8.78. The second-order valence-electron chi connectivity index (χ2n) is 5.90. The van der Waals surface area contributed by atoms with Crippen LogP contribution in [0.25, 0.3) is 10.8 Å². The molecule has 0 aromatic heterocycles. The van der Waals surface area contributed by atoms with Crippen LogP contribution in [0, 0.1) is 11.3 Å². The van der Waals surface area contributed by atoms with E-state index in [4.69, 9.17) is 0 Å². The fraction of sp³-hybridized carbons (Fsp3) is 0.353. The summed E-state index contributed by atoms with van der Waals surface area (Å²) in [5, 5.41) is 2.60. The van der Waals surface area contributed by atoms with Crippen LogP contribution >= 0.6 is 0 Å². The Morgan fingerprint density at radius 3 is 2.72 bits per heavy atom. The smallest absolute Gasteiger partial charge is 0.142 e. The minimum absolute atomic E-state index is 0.00872. The van der Waals surface area contributed by atoms with E-state index in [0.717, 1.165) is 25.7 Å². The third-order valence-corrected chi connectivity index (χ3v) is 4.91. The normalized spacial score (nSPS) is 29.6. The van der Waals surface area contributed by atoms with Gasteiger partial charge in [-0.3, -0.25) is 4.79 Å². The van der Waals surface area contributed by atoms with Crippen LogP contribution in [0.2, 0.25) is 0 Å². The predicted octanol–water partition coefficient (Wildman–Crippen LogP) is 3.75. The van der Waals surface area contributed by atoms with E-state index in [1.807, 2.05) is 0 Å². The van der Waals surface area contributed by atoms with E-state index < -0.39 is 0 Å². The summed E-state index contributed by atoms with van der Waals surface area (Å²) in [7, 11) is 0. The van der Waals surface area contributed by atoms with E-state index in [2.05, 4.69) is 42.5 Å². The number of rotatable bonds is 2. The lowest BCUT2D eigenvalue weighted by molar-refractivity contribution is -0.138. The molecule has 18 heavy (non-hydrogen) atoms. The lowest BCUT2D eigenvalue weighted by Crippen LogP contribution is -2.42. The second kappa shape index (κ2) is 3.44. The molecule has 0 saturated heterocycles. The molecule has 90 valence electrons. The summed E-state index contributed by atoms with van der Waals surface area (Å²) < 4.78 is 0. The lowest BCUT2D eigenvalue weighted by Gasteiger charge is -2.36. The summed E-state index contributed by atoms with van der Waals surface area (Å²) in [4.78, 5) is 12.1. The first kappa shape index (κ1) is 10.3. The lowest BCUT2D eigenvalue weighted by atomic mass is 9.65. The highest BCUT2D eigenvalue weighted by molar-refractivity contribution is 5.96. The van der Waals surface area contributed by atoms with Crippen LogP contribution in [0.15, 0.2) is 42.5 Å². The number of benzene rings is 2. The minimum atomic E-state index is 0.00872. The number of fused-ring (bicyclic) bond motifs is 2. The largest absolute Gasteiger partial charge is 0.299 e. The monoisotopic (exact) mass is 236 g/mol. The molecule has 2 aromatic rings. The summed E-state index contributed by atoms with van der Waals surface area (Å²) >= 11 is 0. The summed E-state index contributed by atoms with van der Waals surface area (Å²) in [6.07, 6.45) is 4.32. The van der Waals surface area contributed by atoms with E-state index in [9.17, 15) is 4.79 Å².